The molecule has 4 nitrogen and oxygen atoms in total. The van der Waals surface area contributed by atoms with Crippen molar-refractivity contribution in [1.82, 2.24) is 0 Å². The number of anilines is 1. The van der Waals surface area contributed by atoms with E-state index < -0.39 is 10.0 Å². The van der Waals surface area contributed by atoms with Crippen LogP contribution in [-0.4, -0.2) is 20.1 Å². The molecule has 2 N–H and O–H groups in total. The zero-order chi connectivity index (χ0) is 15.3. The maximum absolute atomic E-state index is 12.3. The van der Waals surface area contributed by atoms with Crippen LogP contribution in [0.5, 0.6) is 0 Å². The van der Waals surface area contributed by atoms with Crippen LogP contribution >= 0.6 is 0 Å². The Hall–Kier alpha value is -1.85. The van der Waals surface area contributed by atoms with Gasteiger partial charge >= 0.3 is 0 Å². The smallest absolute Gasteiger partial charge is 0.261 e. The highest BCUT2D eigenvalue weighted by atomic mass is 32.2. The molecule has 5 heteroatoms. The number of hydrogen-bond donors (Lipinski definition) is 2. The Bertz CT molecular complexity index is 694. The Balaban J connectivity index is 2.18. The fourth-order valence-electron chi connectivity index (χ4n) is 2.01. The van der Waals surface area contributed by atoms with Gasteiger partial charge in [-0.1, -0.05) is 29.8 Å². The number of benzene rings is 2. The van der Waals surface area contributed by atoms with E-state index in [-0.39, 0.29) is 11.5 Å². The van der Waals surface area contributed by atoms with Crippen molar-refractivity contribution in [2.24, 2.45) is 0 Å². The Labute approximate surface area is 125 Å². The summed E-state index contributed by atoms with van der Waals surface area (Å²) in [5.74, 6) is 0. The molecule has 0 aliphatic carbocycles. The van der Waals surface area contributed by atoms with Crippen LogP contribution in [0.3, 0.4) is 0 Å². The number of aryl methyl sites for hydroxylation is 2. The Morgan fingerprint density at radius 2 is 1.81 bits per heavy atom. The number of rotatable bonds is 6. The molecule has 112 valence electrons. The lowest BCUT2D eigenvalue weighted by Gasteiger charge is -2.09. The van der Waals surface area contributed by atoms with Gasteiger partial charge in [0.25, 0.3) is 10.0 Å². The normalized spacial score (nSPS) is 11.3. The molecule has 0 saturated heterocycles. The van der Waals surface area contributed by atoms with E-state index in [1.807, 2.05) is 13.0 Å². The van der Waals surface area contributed by atoms with E-state index in [9.17, 15) is 8.42 Å². The van der Waals surface area contributed by atoms with Crippen LogP contribution in [0.25, 0.3) is 0 Å². The van der Waals surface area contributed by atoms with Crippen molar-refractivity contribution in [3.63, 3.8) is 0 Å². The zero-order valence-corrected chi connectivity index (χ0v) is 12.7. The highest BCUT2D eigenvalue weighted by Crippen LogP contribution is 2.18. The molecule has 0 atom stereocenters. The van der Waals surface area contributed by atoms with Gasteiger partial charge in [-0.3, -0.25) is 4.72 Å². The molecule has 0 radical (unpaired) electrons. The van der Waals surface area contributed by atoms with Crippen molar-refractivity contribution in [2.45, 2.75) is 24.7 Å². The van der Waals surface area contributed by atoms with Crippen molar-refractivity contribution < 1.29 is 13.5 Å². The minimum absolute atomic E-state index is 0.124. The van der Waals surface area contributed by atoms with E-state index in [1.165, 1.54) is 0 Å². The largest absolute Gasteiger partial charge is 0.396 e. The fourth-order valence-corrected chi connectivity index (χ4v) is 3.05. The molecule has 0 saturated carbocycles. The van der Waals surface area contributed by atoms with Gasteiger partial charge in [0.15, 0.2) is 0 Å². The van der Waals surface area contributed by atoms with E-state index in [2.05, 4.69) is 4.72 Å². The summed E-state index contributed by atoms with van der Waals surface area (Å²) in [6.07, 6.45) is 1.38. The first-order valence-electron chi connectivity index (χ1n) is 6.80. The third-order valence-corrected chi connectivity index (χ3v) is 4.53. The molecule has 2 rings (SSSR count). The number of aliphatic hydroxyl groups excluding tert-OH is 1. The monoisotopic (exact) mass is 305 g/mol. The first-order chi connectivity index (χ1) is 10.0. The van der Waals surface area contributed by atoms with Gasteiger partial charge in [0.05, 0.1) is 4.90 Å². The first kappa shape index (κ1) is 15.5. The summed E-state index contributed by atoms with van der Waals surface area (Å²) in [6, 6.07) is 14.0. The molecule has 0 unspecified atom stereocenters. The van der Waals surface area contributed by atoms with Gasteiger partial charge < -0.3 is 5.11 Å². The maximum atomic E-state index is 12.3. The topological polar surface area (TPSA) is 66.4 Å². The second-order valence-electron chi connectivity index (χ2n) is 4.95. The molecule has 0 spiro atoms. The second-order valence-corrected chi connectivity index (χ2v) is 6.63. The van der Waals surface area contributed by atoms with Crippen molar-refractivity contribution >= 4 is 15.7 Å². The summed E-state index contributed by atoms with van der Waals surface area (Å²) >= 11 is 0. The lowest BCUT2D eigenvalue weighted by molar-refractivity contribution is 0.288. The predicted molar refractivity (Wildman–Crippen MR) is 83.8 cm³/mol. The molecule has 0 fully saturated rings. The Morgan fingerprint density at radius 3 is 2.48 bits per heavy atom. The van der Waals surface area contributed by atoms with Gasteiger partial charge in [0.2, 0.25) is 0 Å². The van der Waals surface area contributed by atoms with E-state index >= 15 is 0 Å². The van der Waals surface area contributed by atoms with Gasteiger partial charge in [-0.15, -0.1) is 0 Å². The third-order valence-electron chi connectivity index (χ3n) is 3.13. The molecule has 2 aromatic rings. The van der Waals surface area contributed by atoms with Crippen LogP contribution in [0.1, 0.15) is 17.5 Å². The quantitative estimate of drug-likeness (QED) is 0.862. The van der Waals surface area contributed by atoms with Crippen LogP contribution in [0, 0.1) is 6.92 Å². The fraction of sp³-hybridized carbons (Fsp3) is 0.250. The van der Waals surface area contributed by atoms with Crippen molar-refractivity contribution in [3.05, 3.63) is 59.7 Å². The van der Waals surface area contributed by atoms with E-state index in [1.54, 1.807) is 42.5 Å². The molecular formula is C16H19NO3S. The summed E-state index contributed by atoms with van der Waals surface area (Å²) in [4.78, 5) is 0.244. The summed E-state index contributed by atoms with van der Waals surface area (Å²) in [5.41, 5.74) is 2.54. The van der Waals surface area contributed by atoms with Gasteiger partial charge in [-0.2, -0.15) is 0 Å². The van der Waals surface area contributed by atoms with Crippen molar-refractivity contribution in [3.8, 4) is 0 Å². The summed E-state index contributed by atoms with van der Waals surface area (Å²) in [7, 11) is -3.57. The first-order valence-corrected chi connectivity index (χ1v) is 8.29. The van der Waals surface area contributed by atoms with Crippen LogP contribution in [0.4, 0.5) is 5.69 Å². The Morgan fingerprint density at radius 1 is 1.10 bits per heavy atom. The second kappa shape index (κ2) is 6.74. The van der Waals surface area contributed by atoms with Gasteiger partial charge in [0.1, 0.15) is 0 Å². The highest BCUT2D eigenvalue weighted by Gasteiger charge is 2.13. The number of hydrogen-bond acceptors (Lipinski definition) is 3. The molecule has 0 aromatic heterocycles. The summed E-state index contributed by atoms with van der Waals surface area (Å²) in [6.45, 7) is 2.04. The minimum Gasteiger partial charge on any atom is -0.396 e. The van der Waals surface area contributed by atoms with E-state index in [4.69, 9.17) is 5.11 Å². The van der Waals surface area contributed by atoms with Crippen LogP contribution in [0.2, 0.25) is 0 Å². The molecule has 0 bridgehead atoms. The zero-order valence-electron chi connectivity index (χ0n) is 11.9. The van der Waals surface area contributed by atoms with Gasteiger partial charge in [-0.05, 0) is 49.6 Å². The average molecular weight is 305 g/mol. The van der Waals surface area contributed by atoms with E-state index in [0.29, 0.717) is 12.1 Å². The average Bonchev–Trinajstić information content (AvgIpc) is 2.45. The number of nitrogens with one attached hydrogen (secondary N) is 1. The standard InChI is InChI=1S/C16H19NO3S/c1-13-7-9-16(10-8-13)21(19,20)17-15-6-2-4-14(12-15)5-3-11-18/h2,4,6-10,12,17-18H,3,5,11H2,1H3. The molecular weight excluding hydrogens is 286 g/mol. The van der Waals surface area contributed by atoms with Crippen molar-refractivity contribution in [2.75, 3.05) is 11.3 Å². The number of aliphatic hydroxyl groups is 1. The molecule has 2 aromatic carbocycles. The van der Waals surface area contributed by atoms with Crippen LogP contribution < -0.4 is 4.72 Å². The number of sulfonamides is 1. The minimum atomic E-state index is -3.57. The lowest BCUT2D eigenvalue weighted by atomic mass is 10.1. The maximum Gasteiger partial charge on any atom is 0.261 e. The SMILES string of the molecule is Cc1ccc(S(=O)(=O)Nc2cccc(CCCO)c2)cc1. The van der Waals surface area contributed by atoms with Crippen molar-refractivity contribution in [1.29, 1.82) is 0 Å². The Kier molecular flexibility index (Phi) is 4.98. The summed E-state index contributed by atoms with van der Waals surface area (Å²) in [5, 5.41) is 8.84. The van der Waals surface area contributed by atoms with Gasteiger partial charge in [-0.25, -0.2) is 8.42 Å². The molecule has 0 aliphatic rings. The summed E-state index contributed by atoms with van der Waals surface area (Å²) < 4.78 is 27.2. The van der Waals surface area contributed by atoms with Crippen LogP contribution in [0.15, 0.2) is 53.4 Å². The molecule has 21 heavy (non-hydrogen) atoms. The lowest BCUT2D eigenvalue weighted by Crippen LogP contribution is -2.13. The van der Waals surface area contributed by atoms with E-state index in [0.717, 1.165) is 17.5 Å². The highest BCUT2D eigenvalue weighted by molar-refractivity contribution is 7.92. The predicted octanol–water partition coefficient (Wildman–Crippen LogP) is 2.72. The molecule has 0 amide bonds. The molecule has 0 heterocycles. The van der Waals surface area contributed by atoms with Crippen LogP contribution in [-0.2, 0) is 16.4 Å². The van der Waals surface area contributed by atoms with Gasteiger partial charge in [0, 0.05) is 12.3 Å². The molecule has 0 aliphatic heterocycles. The third kappa shape index (κ3) is 4.31.